The summed E-state index contributed by atoms with van der Waals surface area (Å²) in [6.45, 7) is 3.12. The Bertz CT molecular complexity index is 1460. The van der Waals surface area contributed by atoms with E-state index in [1.807, 2.05) is 14.1 Å². The molecule has 6 nitrogen and oxygen atoms in total. The average molecular weight is 588 g/mol. The third-order valence-electron chi connectivity index (χ3n) is 7.39. The number of aryl methyl sites for hydroxylation is 1. The monoisotopic (exact) mass is 587 g/mol. The first-order valence-corrected chi connectivity index (χ1v) is 15.1. The molecule has 0 aliphatic heterocycles. The predicted octanol–water partition coefficient (Wildman–Crippen LogP) is 5.97. The van der Waals surface area contributed by atoms with Gasteiger partial charge in [0.25, 0.3) is 0 Å². The van der Waals surface area contributed by atoms with E-state index in [9.17, 15) is 26.4 Å². The van der Waals surface area contributed by atoms with Crippen molar-refractivity contribution >= 4 is 15.9 Å². The fourth-order valence-corrected chi connectivity index (χ4v) is 6.66. The topological polar surface area (TPSA) is 78.5 Å². The molecule has 0 radical (unpaired) electrons. The maximum absolute atomic E-state index is 13.3. The van der Waals surface area contributed by atoms with Gasteiger partial charge in [-0.2, -0.15) is 13.2 Å². The number of hydrogen-bond acceptors (Lipinski definition) is 4. The lowest BCUT2D eigenvalue weighted by molar-refractivity contribution is -0.137. The molecule has 1 aliphatic carbocycles. The van der Waals surface area contributed by atoms with Gasteiger partial charge in [0.1, 0.15) is 0 Å². The summed E-state index contributed by atoms with van der Waals surface area (Å²) in [6, 6.07) is 17.3. The second-order valence-electron chi connectivity index (χ2n) is 10.9. The molecule has 41 heavy (non-hydrogen) atoms. The molecule has 0 fully saturated rings. The summed E-state index contributed by atoms with van der Waals surface area (Å²) in [4.78, 5) is 14.9. The van der Waals surface area contributed by atoms with E-state index in [1.165, 1.54) is 11.1 Å². The van der Waals surface area contributed by atoms with Gasteiger partial charge in [0.2, 0.25) is 15.9 Å². The van der Waals surface area contributed by atoms with Crippen LogP contribution in [0.4, 0.5) is 13.2 Å². The van der Waals surface area contributed by atoms with Crippen LogP contribution in [0.3, 0.4) is 0 Å². The third-order valence-corrected chi connectivity index (χ3v) is 8.85. The fourth-order valence-electron chi connectivity index (χ4n) is 5.39. The van der Waals surface area contributed by atoms with E-state index in [0.717, 1.165) is 49.6 Å². The zero-order chi connectivity index (χ0) is 29.8. The molecular formula is C31H36F3N3O3S. The van der Waals surface area contributed by atoms with Gasteiger partial charge in [-0.25, -0.2) is 13.1 Å². The first-order chi connectivity index (χ1) is 19.3. The fraction of sp³-hybridized carbons (Fsp3) is 0.387. The molecule has 220 valence electrons. The number of sulfonamides is 1. The molecule has 3 aromatic carbocycles. The van der Waals surface area contributed by atoms with Gasteiger partial charge in [-0.3, -0.25) is 4.79 Å². The standard InChI is InChI=1S/C31H36F3N3O3S/c1-21(20-37(2)3)23-15-16-27-24(17-23)11-7-14-28(27)35-30(38)19-29(22-9-5-4-6-10-22)36-41(39,40)26-13-8-12-25(18-26)31(32,33)34/h4-6,8-10,12-13,15-18,21,28-29,36H,7,11,14,19-20H2,1-3H3,(H,35,38)/t21-,28-,29?/m1/s1. The average Bonchev–Trinajstić information content (AvgIpc) is 2.92. The molecule has 0 bridgehead atoms. The van der Waals surface area contributed by atoms with Gasteiger partial charge >= 0.3 is 6.18 Å². The van der Waals surface area contributed by atoms with Crippen molar-refractivity contribution in [3.8, 4) is 0 Å². The Balaban J connectivity index is 1.52. The zero-order valence-corrected chi connectivity index (χ0v) is 24.2. The van der Waals surface area contributed by atoms with Crippen LogP contribution in [0, 0.1) is 0 Å². The van der Waals surface area contributed by atoms with Crippen LogP contribution in [-0.2, 0) is 27.4 Å². The van der Waals surface area contributed by atoms with E-state index in [0.29, 0.717) is 17.5 Å². The highest BCUT2D eigenvalue weighted by molar-refractivity contribution is 7.89. The summed E-state index contributed by atoms with van der Waals surface area (Å²) in [6.07, 6.45) is -2.31. The Morgan fingerprint density at radius 1 is 1.00 bits per heavy atom. The highest BCUT2D eigenvalue weighted by atomic mass is 32.2. The summed E-state index contributed by atoms with van der Waals surface area (Å²) < 4.78 is 68.5. The van der Waals surface area contributed by atoms with Gasteiger partial charge < -0.3 is 10.2 Å². The van der Waals surface area contributed by atoms with Crippen molar-refractivity contribution in [1.82, 2.24) is 14.9 Å². The molecule has 1 unspecified atom stereocenters. The Hall–Kier alpha value is -3.21. The quantitative estimate of drug-likeness (QED) is 0.306. The van der Waals surface area contributed by atoms with Crippen LogP contribution in [-0.4, -0.2) is 39.9 Å². The largest absolute Gasteiger partial charge is 0.416 e. The molecule has 0 saturated heterocycles. The van der Waals surface area contributed by atoms with Crippen molar-refractivity contribution in [3.63, 3.8) is 0 Å². The van der Waals surface area contributed by atoms with Gasteiger partial charge in [0.15, 0.2) is 0 Å². The first-order valence-electron chi connectivity index (χ1n) is 13.6. The second kappa shape index (κ2) is 12.8. The molecule has 1 amide bonds. The highest BCUT2D eigenvalue weighted by Crippen LogP contribution is 2.33. The number of likely N-dealkylation sites (N-methyl/N-ethyl adjacent to an activating group) is 1. The Kier molecular flexibility index (Phi) is 9.56. The smallest absolute Gasteiger partial charge is 0.349 e. The molecule has 0 heterocycles. The number of fused-ring (bicyclic) bond motifs is 1. The second-order valence-corrected chi connectivity index (χ2v) is 12.7. The van der Waals surface area contributed by atoms with E-state index >= 15 is 0 Å². The van der Waals surface area contributed by atoms with E-state index in [2.05, 4.69) is 40.1 Å². The van der Waals surface area contributed by atoms with Gasteiger partial charge in [-0.05, 0) is 79.7 Å². The summed E-state index contributed by atoms with van der Waals surface area (Å²) in [5, 5.41) is 3.08. The molecule has 1 aliphatic rings. The number of nitrogens with one attached hydrogen (secondary N) is 2. The van der Waals surface area contributed by atoms with Crippen molar-refractivity contribution in [2.45, 2.75) is 61.7 Å². The van der Waals surface area contributed by atoms with Crippen LogP contribution < -0.4 is 10.0 Å². The third kappa shape index (κ3) is 7.96. The van der Waals surface area contributed by atoms with Gasteiger partial charge in [0, 0.05) is 13.0 Å². The lowest BCUT2D eigenvalue weighted by atomic mass is 9.84. The zero-order valence-electron chi connectivity index (χ0n) is 23.4. The van der Waals surface area contributed by atoms with E-state index in [-0.39, 0.29) is 18.4 Å². The summed E-state index contributed by atoms with van der Waals surface area (Å²) in [5.74, 6) is 0.00949. The SMILES string of the molecule is C[C@H](CN(C)C)c1ccc2c(c1)CCC[C@H]2NC(=O)CC(NS(=O)(=O)c1cccc(C(F)(F)F)c1)c1ccccc1. The maximum Gasteiger partial charge on any atom is 0.416 e. The van der Waals surface area contributed by atoms with Crippen LogP contribution in [0.2, 0.25) is 0 Å². The molecule has 2 N–H and O–H groups in total. The lowest BCUT2D eigenvalue weighted by Crippen LogP contribution is -2.36. The van der Waals surface area contributed by atoms with Crippen molar-refractivity contribution in [2.24, 2.45) is 0 Å². The number of alkyl halides is 3. The van der Waals surface area contributed by atoms with Gasteiger partial charge in [-0.15, -0.1) is 0 Å². The van der Waals surface area contributed by atoms with Gasteiger partial charge in [0.05, 0.1) is 22.5 Å². The van der Waals surface area contributed by atoms with Crippen LogP contribution in [0.15, 0.2) is 77.7 Å². The summed E-state index contributed by atoms with van der Waals surface area (Å²) in [7, 11) is -0.284. The molecule has 0 aromatic heterocycles. The minimum absolute atomic E-state index is 0.207. The van der Waals surface area contributed by atoms with E-state index in [4.69, 9.17) is 0 Å². The van der Waals surface area contributed by atoms with Crippen molar-refractivity contribution in [2.75, 3.05) is 20.6 Å². The minimum atomic E-state index is -4.69. The number of carbonyl (C=O) groups is 1. The summed E-state index contributed by atoms with van der Waals surface area (Å²) >= 11 is 0. The maximum atomic E-state index is 13.3. The van der Waals surface area contributed by atoms with Crippen LogP contribution in [0.25, 0.3) is 0 Å². The van der Waals surface area contributed by atoms with Crippen LogP contribution >= 0.6 is 0 Å². The minimum Gasteiger partial charge on any atom is -0.349 e. The number of amides is 1. The van der Waals surface area contributed by atoms with Crippen molar-refractivity contribution in [3.05, 3.63) is 101 Å². The summed E-state index contributed by atoms with van der Waals surface area (Å²) in [5.41, 5.74) is 2.98. The molecule has 10 heteroatoms. The normalized spacial score (nSPS) is 17.1. The van der Waals surface area contributed by atoms with E-state index in [1.54, 1.807) is 30.3 Å². The van der Waals surface area contributed by atoms with Crippen molar-refractivity contribution in [1.29, 1.82) is 0 Å². The molecule has 4 rings (SSSR count). The van der Waals surface area contributed by atoms with Crippen molar-refractivity contribution < 1.29 is 26.4 Å². The highest BCUT2D eigenvalue weighted by Gasteiger charge is 2.33. The lowest BCUT2D eigenvalue weighted by Gasteiger charge is -2.29. The molecule has 0 spiro atoms. The Morgan fingerprint density at radius 3 is 2.41 bits per heavy atom. The van der Waals surface area contributed by atoms with Gasteiger partial charge in [-0.1, -0.05) is 61.5 Å². The Labute approximate surface area is 240 Å². The van der Waals surface area contributed by atoms with Crippen LogP contribution in [0.1, 0.15) is 72.0 Å². The molecular weight excluding hydrogens is 551 g/mol. The number of nitrogens with zero attached hydrogens (tertiary/aromatic N) is 1. The number of carbonyl (C=O) groups excluding carboxylic acids is 1. The number of halogens is 3. The Morgan fingerprint density at radius 2 is 1.73 bits per heavy atom. The predicted molar refractivity (Wildman–Crippen MR) is 153 cm³/mol. The van der Waals surface area contributed by atoms with E-state index < -0.39 is 32.7 Å². The molecule has 0 saturated carbocycles. The molecule has 3 aromatic rings. The number of hydrogen-bond donors (Lipinski definition) is 2. The number of benzene rings is 3. The van der Waals surface area contributed by atoms with Crippen LogP contribution in [0.5, 0.6) is 0 Å². The number of rotatable bonds is 10. The molecule has 3 atom stereocenters. The first kappa shape index (κ1) is 30.7.